The van der Waals surface area contributed by atoms with Crippen molar-refractivity contribution in [1.29, 1.82) is 0 Å². The highest BCUT2D eigenvalue weighted by molar-refractivity contribution is 5.97. The van der Waals surface area contributed by atoms with E-state index in [2.05, 4.69) is 19.2 Å². The molecule has 0 radical (unpaired) electrons. The summed E-state index contributed by atoms with van der Waals surface area (Å²) in [6, 6.07) is 6.75. The molecule has 1 aliphatic rings. The molecule has 2 rings (SSSR count). The third-order valence-electron chi connectivity index (χ3n) is 5.53. The van der Waals surface area contributed by atoms with Gasteiger partial charge in [0.05, 0.1) is 0 Å². The summed E-state index contributed by atoms with van der Waals surface area (Å²) in [5, 5.41) is 11.8. The molecule has 1 saturated heterocycles. The summed E-state index contributed by atoms with van der Waals surface area (Å²) in [6.07, 6.45) is 3.42. The van der Waals surface area contributed by atoms with E-state index < -0.39 is 17.4 Å². The van der Waals surface area contributed by atoms with Gasteiger partial charge in [-0.15, -0.1) is 0 Å². The van der Waals surface area contributed by atoms with Crippen LogP contribution >= 0.6 is 0 Å². The van der Waals surface area contributed by atoms with Crippen LogP contribution in [0.1, 0.15) is 63.7 Å². The van der Waals surface area contributed by atoms with Crippen LogP contribution in [0.25, 0.3) is 0 Å². The smallest absolute Gasteiger partial charge is 0.329 e. The molecule has 1 aromatic carbocycles. The van der Waals surface area contributed by atoms with Crippen LogP contribution in [0.15, 0.2) is 24.3 Å². The van der Waals surface area contributed by atoms with E-state index in [0.29, 0.717) is 11.3 Å². The topological polar surface area (TPSA) is 95.9 Å². The van der Waals surface area contributed by atoms with Gasteiger partial charge >= 0.3 is 5.97 Å². The van der Waals surface area contributed by atoms with E-state index >= 15 is 0 Å². The molecule has 0 bridgehead atoms. The summed E-state index contributed by atoms with van der Waals surface area (Å²) in [4.78, 5) is 38.0. The van der Waals surface area contributed by atoms with Gasteiger partial charge in [0, 0.05) is 17.6 Å². The zero-order chi connectivity index (χ0) is 20.9. The molecule has 3 atom stereocenters. The molecule has 154 valence electrons. The maximum absolute atomic E-state index is 12.5. The number of carboxylic acids is 1. The number of likely N-dealkylation sites (tertiary alicyclic amines) is 1. The standard InChI is InChI=1S/C21H30N2O5/c1-5-21(4,20(26)27)22-19(25)16-9-11-17(12-10-16)28-13-18(24)23-14(2)7-6-8-15(23)3/h9-12,14-15H,5-8,13H2,1-4H3,(H,22,25)(H,26,27). The summed E-state index contributed by atoms with van der Waals surface area (Å²) < 4.78 is 5.60. The lowest BCUT2D eigenvalue weighted by atomic mass is 9.97. The number of carbonyl (C=O) groups excluding carboxylic acids is 2. The zero-order valence-electron chi connectivity index (χ0n) is 17.0. The molecule has 7 heteroatoms. The number of piperidine rings is 1. The summed E-state index contributed by atoms with van der Waals surface area (Å²) in [7, 11) is 0. The van der Waals surface area contributed by atoms with Gasteiger partial charge in [-0.3, -0.25) is 9.59 Å². The average Bonchev–Trinajstić information content (AvgIpc) is 2.66. The van der Waals surface area contributed by atoms with E-state index in [1.165, 1.54) is 6.92 Å². The minimum atomic E-state index is -1.32. The summed E-state index contributed by atoms with van der Waals surface area (Å²) in [5.41, 5.74) is -0.988. The monoisotopic (exact) mass is 390 g/mol. The number of amides is 2. The first-order valence-corrected chi connectivity index (χ1v) is 9.78. The normalized spacial score (nSPS) is 21.5. The summed E-state index contributed by atoms with van der Waals surface area (Å²) >= 11 is 0. The van der Waals surface area contributed by atoms with Crippen molar-refractivity contribution in [3.05, 3.63) is 29.8 Å². The molecule has 1 heterocycles. The van der Waals surface area contributed by atoms with Crippen molar-refractivity contribution in [1.82, 2.24) is 10.2 Å². The SMILES string of the molecule is CCC(C)(NC(=O)c1ccc(OCC(=O)N2C(C)CCCC2C)cc1)C(=O)O. The van der Waals surface area contributed by atoms with Crippen LogP contribution in [0.2, 0.25) is 0 Å². The summed E-state index contributed by atoms with van der Waals surface area (Å²) in [5.74, 6) is -1.10. The Labute approximate surface area is 166 Å². The van der Waals surface area contributed by atoms with Crippen molar-refractivity contribution in [2.45, 2.75) is 71.0 Å². The highest BCUT2D eigenvalue weighted by Gasteiger charge is 2.33. The number of aliphatic carboxylic acids is 1. The number of benzene rings is 1. The first-order chi connectivity index (χ1) is 13.2. The maximum atomic E-state index is 12.5. The molecule has 2 amide bonds. The molecule has 7 nitrogen and oxygen atoms in total. The lowest BCUT2D eigenvalue weighted by Gasteiger charge is -2.38. The second-order valence-electron chi connectivity index (χ2n) is 7.69. The third-order valence-corrected chi connectivity index (χ3v) is 5.53. The van der Waals surface area contributed by atoms with Crippen LogP contribution in [0, 0.1) is 0 Å². The highest BCUT2D eigenvalue weighted by atomic mass is 16.5. The van der Waals surface area contributed by atoms with Gasteiger partial charge in [-0.25, -0.2) is 4.79 Å². The Kier molecular flexibility index (Phi) is 7.05. The van der Waals surface area contributed by atoms with Gasteiger partial charge in [0.25, 0.3) is 11.8 Å². The van der Waals surface area contributed by atoms with Crippen LogP contribution in [-0.4, -0.2) is 52.0 Å². The average molecular weight is 390 g/mol. The van der Waals surface area contributed by atoms with Crippen molar-refractivity contribution >= 4 is 17.8 Å². The van der Waals surface area contributed by atoms with E-state index in [4.69, 9.17) is 4.74 Å². The Morgan fingerprint density at radius 2 is 1.75 bits per heavy atom. The summed E-state index contributed by atoms with van der Waals surface area (Å²) in [6.45, 7) is 7.24. The number of rotatable bonds is 7. The van der Waals surface area contributed by atoms with Crippen LogP contribution in [-0.2, 0) is 9.59 Å². The first-order valence-electron chi connectivity index (χ1n) is 9.78. The molecular formula is C21H30N2O5. The van der Waals surface area contributed by atoms with Crippen LogP contribution in [0.5, 0.6) is 5.75 Å². The minimum absolute atomic E-state index is 0.0401. The van der Waals surface area contributed by atoms with Crippen LogP contribution in [0.3, 0.4) is 0 Å². The van der Waals surface area contributed by atoms with E-state index in [0.717, 1.165) is 19.3 Å². The quantitative estimate of drug-likeness (QED) is 0.746. The zero-order valence-corrected chi connectivity index (χ0v) is 17.0. The Balaban J connectivity index is 1.94. The van der Waals surface area contributed by atoms with Crippen molar-refractivity contribution in [3.8, 4) is 5.75 Å². The Morgan fingerprint density at radius 1 is 1.18 bits per heavy atom. The Morgan fingerprint density at radius 3 is 2.25 bits per heavy atom. The van der Waals surface area contributed by atoms with E-state index in [-0.39, 0.29) is 31.0 Å². The molecule has 1 aliphatic heterocycles. The number of carboxylic acid groups (broad SMARTS) is 1. The number of hydrogen-bond donors (Lipinski definition) is 2. The molecular weight excluding hydrogens is 360 g/mol. The van der Waals surface area contributed by atoms with Gasteiger partial charge in [0.2, 0.25) is 0 Å². The van der Waals surface area contributed by atoms with Crippen LogP contribution in [0.4, 0.5) is 0 Å². The van der Waals surface area contributed by atoms with Gasteiger partial charge in [-0.05, 0) is 70.7 Å². The van der Waals surface area contributed by atoms with E-state index in [1.54, 1.807) is 31.2 Å². The highest BCUT2D eigenvalue weighted by Crippen LogP contribution is 2.23. The maximum Gasteiger partial charge on any atom is 0.329 e. The predicted octanol–water partition coefficient (Wildman–Crippen LogP) is 2.84. The fourth-order valence-electron chi connectivity index (χ4n) is 3.45. The van der Waals surface area contributed by atoms with Gasteiger partial charge in [0.1, 0.15) is 11.3 Å². The fraction of sp³-hybridized carbons (Fsp3) is 0.571. The lowest BCUT2D eigenvalue weighted by Crippen LogP contribution is -2.51. The fourth-order valence-corrected chi connectivity index (χ4v) is 3.45. The van der Waals surface area contributed by atoms with Gasteiger partial charge in [-0.2, -0.15) is 0 Å². The largest absolute Gasteiger partial charge is 0.484 e. The molecule has 0 spiro atoms. The third kappa shape index (κ3) is 5.03. The molecule has 0 saturated carbocycles. The van der Waals surface area contributed by atoms with E-state index in [9.17, 15) is 19.5 Å². The predicted molar refractivity (Wildman–Crippen MR) is 105 cm³/mol. The van der Waals surface area contributed by atoms with E-state index in [1.807, 2.05) is 4.90 Å². The molecule has 1 aromatic rings. The number of nitrogens with zero attached hydrogens (tertiary/aromatic N) is 1. The molecule has 28 heavy (non-hydrogen) atoms. The molecule has 0 aromatic heterocycles. The molecule has 2 N–H and O–H groups in total. The second-order valence-corrected chi connectivity index (χ2v) is 7.69. The van der Waals surface area contributed by atoms with Crippen molar-refractivity contribution in [3.63, 3.8) is 0 Å². The molecule has 3 unspecified atom stereocenters. The van der Waals surface area contributed by atoms with Gasteiger partial charge in [0.15, 0.2) is 6.61 Å². The van der Waals surface area contributed by atoms with Crippen molar-refractivity contribution in [2.75, 3.05) is 6.61 Å². The molecule has 1 fully saturated rings. The lowest BCUT2D eigenvalue weighted by molar-refractivity contribution is -0.144. The van der Waals surface area contributed by atoms with Gasteiger partial charge < -0.3 is 20.1 Å². The number of carbonyl (C=O) groups is 3. The second kappa shape index (κ2) is 9.08. The minimum Gasteiger partial charge on any atom is -0.484 e. The molecule has 0 aliphatic carbocycles. The van der Waals surface area contributed by atoms with Gasteiger partial charge in [-0.1, -0.05) is 6.92 Å². The number of nitrogens with one attached hydrogen (secondary N) is 1. The van der Waals surface area contributed by atoms with Crippen molar-refractivity contribution < 1.29 is 24.2 Å². The van der Waals surface area contributed by atoms with Crippen molar-refractivity contribution in [2.24, 2.45) is 0 Å². The number of ether oxygens (including phenoxy) is 1. The Hall–Kier alpha value is -2.57. The number of hydrogen-bond acceptors (Lipinski definition) is 4. The first kappa shape index (κ1) is 21.7. The van der Waals surface area contributed by atoms with Crippen LogP contribution < -0.4 is 10.1 Å². The Bertz CT molecular complexity index is 708.